The molecule has 1 saturated heterocycles. The summed E-state index contributed by atoms with van der Waals surface area (Å²) in [4.78, 5) is 29.0. The second-order valence-corrected chi connectivity index (χ2v) is 11.3. The van der Waals surface area contributed by atoms with Crippen molar-refractivity contribution in [2.75, 3.05) is 31.1 Å². The number of aliphatic hydroxyl groups is 1. The molecule has 33 heavy (non-hydrogen) atoms. The third-order valence-electron chi connectivity index (χ3n) is 6.24. The predicted octanol–water partition coefficient (Wildman–Crippen LogP) is 2.44. The molecule has 1 aliphatic rings. The van der Waals surface area contributed by atoms with Crippen molar-refractivity contribution >= 4 is 17.5 Å². The minimum atomic E-state index is -0.872. The number of nitrogens with one attached hydrogen (secondary N) is 1. The van der Waals surface area contributed by atoms with E-state index in [-0.39, 0.29) is 41.9 Å². The minimum absolute atomic E-state index is 0.0167. The summed E-state index contributed by atoms with van der Waals surface area (Å²) in [5.74, 6) is -0.903. The van der Waals surface area contributed by atoms with Crippen LogP contribution in [0.1, 0.15) is 53.5 Å². The third kappa shape index (κ3) is 7.48. The number of carbonyl (C=O) groups is 2. The Bertz CT molecular complexity index is 853. The van der Waals surface area contributed by atoms with E-state index < -0.39 is 17.7 Å². The van der Waals surface area contributed by atoms with Gasteiger partial charge in [-0.2, -0.15) is 0 Å². The Morgan fingerprint density at radius 1 is 1.33 bits per heavy atom. The number of halogens is 1. The molecule has 1 aliphatic heterocycles. The average Bonchev–Trinajstić information content (AvgIpc) is 2.68. The van der Waals surface area contributed by atoms with Crippen LogP contribution in [0.4, 0.5) is 10.1 Å². The molecule has 0 aliphatic carbocycles. The number of amides is 2. The zero-order chi connectivity index (χ0) is 25.1. The molecule has 3 atom stereocenters. The molecule has 1 aromatic rings. The van der Waals surface area contributed by atoms with Crippen molar-refractivity contribution in [3.05, 3.63) is 29.6 Å². The maximum atomic E-state index is 13.5. The Hall–Kier alpha value is -2.03. The summed E-state index contributed by atoms with van der Waals surface area (Å²) < 4.78 is 13.5. The molecule has 2 amide bonds. The van der Waals surface area contributed by atoms with E-state index >= 15 is 0 Å². The van der Waals surface area contributed by atoms with E-state index in [9.17, 15) is 19.1 Å². The Morgan fingerprint density at radius 2 is 1.97 bits per heavy atom. The lowest BCUT2D eigenvalue weighted by atomic mass is 9.93. The summed E-state index contributed by atoms with van der Waals surface area (Å²) >= 11 is 0. The summed E-state index contributed by atoms with van der Waals surface area (Å²) in [5.41, 5.74) is 7.29. The smallest absolute Gasteiger partial charge is 0.241 e. The highest BCUT2D eigenvalue weighted by Gasteiger charge is 2.40. The number of benzene rings is 1. The summed E-state index contributed by atoms with van der Waals surface area (Å²) in [7, 11) is 0. The molecule has 0 spiro atoms. The predicted molar refractivity (Wildman–Crippen MR) is 129 cm³/mol. The molecule has 0 bridgehead atoms. The van der Waals surface area contributed by atoms with Crippen molar-refractivity contribution in [2.45, 2.75) is 72.6 Å². The Labute approximate surface area is 197 Å². The highest BCUT2D eigenvalue weighted by molar-refractivity contribution is 5.96. The molecule has 0 aromatic heterocycles. The molecule has 1 fully saturated rings. The summed E-state index contributed by atoms with van der Waals surface area (Å²) in [6.45, 7) is 15.2. The van der Waals surface area contributed by atoms with Crippen LogP contribution in [0.25, 0.3) is 0 Å². The van der Waals surface area contributed by atoms with Gasteiger partial charge in [-0.1, -0.05) is 27.7 Å². The van der Waals surface area contributed by atoms with E-state index in [1.807, 2.05) is 39.5 Å². The molecule has 2 rings (SSSR count). The number of aryl methyl sites for hydroxylation is 1. The van der Waals surface area contributed by atoms with Crippen molar-refractivity contribution in [1.29, 1.82) is 0 Å². The maximum Gasteiger partial charge on any atom is 0.241 e. The van der Waals surface area contributed by atoms with E-state index in [2.05, 4.69) is 5.32 Å². The van der Waals surface area contributed by atoms with Gasteiger partial charge in [-0.25, -0.2) is 4.39 Å². The van der Waals surface area contributed by atoms with E-state index in [1.165, 1.54) is 12.1 Å². The zero-order valence-electron chi connectivity index (χ0n) is 21.1. The van der Waals surface area contributed by atoms with Crippen LogP contribution in [0, 0.1) is 24.1 Å². The van der Waals surface area contributed by atoms with Crippen LogP contribution in [-0.4, -0.2) is 65.7 Å². The molecule has 1 aromatic carbocycles. The maximum absolute atomic E-state index is 13.5. The number of nitrogens with two attached hydrogens (primary N) is 1. The first-order valence-electron chi connectivity index (χ1n) is 11.6. The van der Waals surface area contributed by atoms with Gasteiger partial charge in [-0.3, -0.25) is 14.5 Å². The van der Waals surface area contributed by atoms with E-state index in [0.717, 1.165) is 0 Å². The molecule has 1 heterocycles. The first-order valence-corrected chi connectivity index (χ1v) is 11.6. The highest BCUT2D eigenvalue weighted by Crippen LogP contribution is 2.29. The molecule has 0 saturated carbocycles. The lowest BCUT2D eigenvalue weighted by molar-refractivity contribution is -0.126. The fourth-order valence-corrected chi connectivity index (χ4v) is 4.04. The first-order chi connectivity index (χ1) is 15.1. The second kappa shape index (κ2) is 10.5. The van der Waals surface area contributed by atoms with Crippen LogP contribution >= 0.6 is 0 Å². The highest BCUT2D eigenvalue weighted by atomic mass is 19.1. The number of nitrogens with zero attached hydrogens (tertiary/aromatic N) is 2. The minimum Gasteiger partial charge on any atom is -0.391 e. The number of piperazine rings is 1. The third-order valence-corrected chi connectivity index (χ3v) is 6.24. The van der Waals surface area contributed by atoms with Crippen molar-refractivity contribution in [1.82, 2.24) is 10.2 Å². The van der Waals surface area contributed by atoms with Crippen molar-refractivity contribution in [3.8, 4) is 0 Å². The van der Waals surface area contributed by atoms with Crippen LogP contribution in [0.2, 0.25) is 0 Å². The number of rotatable bonds is 8. The summed E-state index contributed by atoms with van der Waals surface area (Å²) in [6.07, 6.45) is -0.621. The van der Waals surface area contributed by atoms with Crippen molar-refractivity contribution in [3.63, 3.8) is 0 Å². The molecule has 7 nitrogen and oxygen atoms in total. The molecular formula is C25H41FN4O3. The van der Waals surface area contributed by atoms with E-state index in [0.29, 0.717) is 30.9 Å². The van der Waals surface area contributed by atoms with Crippen molar-refractivity contribution in [2.24, 2.45) is 17.1 Å². The van der Waals surface area contributed by atoms with Crippen LogP contribution in [0.3, 0.4) is 0 Å². The molecule has 186 valence electrons. The normalized spacial score (nSPS) is 19.8. The quantitative estimate of drug-likeness (QED) is 0.549. The molecule has 8 heteroatoms. The molecule has 0 unspecified atom stereocenters. The van der Waals surface area contributed by atoms with E-state index in [4.69, 9.17) is 5.73 Å². The Kier molecular flexibility index (Phi) is 8.65. The van der Waals surface area contributed by atoms with Crippen LogP contribution in [0.15, 0.2) is 18.2 Å². The average molecular weight is 465 g/mol. The van der Waals surface area contributed by atoms with Gasteiger partial charge < -0.3 is 21.1 Å². The van der Waals surface area contributed by atoms with Gasteiger partial charge >= 0.3 is 0 Å². The van der Waals surface area contributed by atoms with Gasteiger partial charge in [-0.15, -0.1) is 0 Å². The standard InChI is InChI=1S/C25H41FN4O3/c1-16-10-18(26)8-9-20(16)30-15-25(6,7)29(13-22(30)32)12-19(27)21(31)11-17(2)23(33)28-14-24(3,4)5/h8-10,17,19,21,31H,11-15,27H2,1-7H3,(H,28,33)/t17-,19+,21+/m1/s1. The second-order valence-electron chi connectivity index (χ2n) is 11.3. The van der Waals surface area contributed by atoms with Gasteiger partial charge in [0.2, 0.25) is 11.8 Å². The van der Waals surface area contributed by atoms with Crippen LogP contribution < -0.4 is 16.0 Å². The Balaban J connectivity index is 1.98. The molecule has 0 radical (unpaired) electrons. The van der Waals surface area contributed by atoms with Gasteiger partial charge in [0, 0.05) is 42.8 Å². The van der Waals surface area contributed by atoms with Gasteiger partial charge in [0.05, 0.1) is 12.6 Å². The Morgan fingerprint density at radius 3 is 2.55 bits per heavy atom. The van der Waals surface area contributed by atoms with Crippen LogP contribution in [0.5, 0.6) is 0 Å². The van der Waals surface area contributed by atoms with Gasteiger partial charge in [0.25, 0.3) is 0 Å². The van der Waals surface area contributed by atoms with E-state index in [1.54, 1.807) is 24.8 Å². The summed E-state index contributed by atoms with van der Waals surface area (Å²) in [6, 6.07) is 3.82. The lowest BCUT2D eigenvalue weighted by Crippen LogP contribution is -2.64. The number of hydrogen-bond acceptors (Lipinski definition) is 5. The van der Waals surface area contributed by atoms with Gasteiger partial charge in [0.1, 0.15) is 5.82 Å². The number of hydrogen-bond donors (Lipinski definition) is 3. The number of anilines is 1. The van der Waals surface area contributed by atoms with Crippen molar-refractivity contribution < 1.29 is 19.1 Å². The number of aliphatic hydroxyl groups excluding tert-OH is 1. The molecular weight excluding hydrogens is 423 g/mol. The zero-order valence-corrected chi connectivity index (χ0v) is 21.1. The first kappa shape index (κ1) is 27.2. The molecule has 4 N–H and O–H groups in total. The monoisotopic (exact) mass is 464 g/mol. The fourth-order valence-electron chi connectivity index (χ4n) is 4.04. The van der Waals surface area contributed by atoms with Gasteiger partial charge in [-0.05, 0) is 56.4 Å². The number of carbonyl (C=O) groups excluding carboxylic acids is 2. The van der Waals surface area contributed by atoms with Crippen LogP contribution in [-0.2, 0) is 9.59 Å². The van der Waals surface area contributed by atoms with Gasteiger partial charge in [0.15, 0.2) is 0 Å². The largest absolute Gasteiger partial charge is 0.391 e. The SMILES string of the molecule is Cc1cc(F)ccc1N1CC(C)(C)N(C[C@H](N)[C@@H](O)C[C@@H](C)C(=O)NCC(C)(C)C)CC1=O. The lowest BCUT2D eigenvalue weighted by Gasteiger charge is -2.48. The topological polar surface area (TPSA) is 98.9 Å². The summed E-state index contributed by atoms with van der Waals surface area (Å²) in [5, 5.41) is 13.6. The fraction of sp³-hybridized carbons (Fsp3) is 0.680.